The number of anilines is 1. The van der Waals surface area contributed by atoms with Gasteiger partial charge >= 0.3 is 0 Å². The van der Waals surface area contributed by atoms with Crippen molar-refractivity contribution in [2.75, 3.05) is 5.32 Å². The van der Waals surface area contributed by atoms with E-state index < -0.39 is 11.7 Å². The standard InChI is InChI=1S/C16H12FN7O/c1-9-4-13(23-22-9)10-5-12(15-19-8-20-24(15)7-10)16(25)21-14-3-2-11(17)6-18-14/h2-8H,1H3,(H,22,23)(H,18,21,25). The Morgan fingerprint density at radius 3 is 2.88 bits per heavy atom. The van der Waals surface area contributed by atoms with Crippen molar-refractivity contribution in [2.24, 2.45) is 0 Å². The van der Waals surface area contributed by atoms with Crippen molar-refractivity contribution < 1.29 is 9.18 Å². The molecule has 0 saturated heterocycles. The van der Waals surface area contributed by atoms with Crippen LogP contribution in [0.2, 0.25) is 0 Å². The molecule has 0 bridgehead atoms. The third-order valence-electron chi connectivity index (χ3n) is 3.61. The van der Waals surface area contributed by atoms with Gasteiger partial charge in [0.15, 0.2) is 5.65 Å². The van der Waals surface area contributed by atoms with Crippen molar-refractivity contribution in [1.82, 2.24) is 29.8 Å². The number of aromatic nitrogens is 6. The molecule has 1 amide bonds. The highest BCUT2D eigenvalue weighted by Crippen LogP contribution is 2.22. The maximum atomic E-state index is 13.0. The van der Waals surface area contributed by atoms with Gasteiger partial charge in [-0.05, 0) is 31.2 Å². The van der Waals surface area contributed by atoms with Gasteiger partial charge in [-0.15, -0.1) is 0 Å². The van der Waals surface area contributed by atoms with Crippen LogP contribution in [0.25, 0.3) is 16.9 Å². The third kappa shape index (κ3) is 2.82. The first-order valence-electron chi connectivity index (χ1n) is 7.39. The number of carbonyl (C=O) groups is 1. The Balaban J connectivity index is 1.75. The van der Waals surface area contributed by atoms with E-state index in [-0.39, 0.29) is 5.82 Å². The summed E-state index contributed by atoms with van der Waals surface area (Å²) in [4.78, 5) is 20.6. The normalized spacial score (nSPS) is 11.0. The minimum absolute atomic E-state index is 0.242. The Hall–Kier alpha value is -3.62. The topological polar surface area (TPSA) is 101 Å². The second kappa shape index (κ2) is 5.78. The molecule has 0 aliphatic carbocycles. The molecule has 0 aromatic carbocycles. The summed E-state index contributed by atoms with van der Waals surface area (Å²) in [5, 5.41) is 13.7. The quantitative estimate of drug-likeness (QED) is 0.597. The maximum Gasteiger partial charge on any atom is 0.260 e. The second-order valence-corrected chi connectivity index (χ2v) is 5.41. The van der Waals surface area contributed by atoms with E-state index in [0.717, 1.165) is 23.1 Å². The number of nitrogens with one attached hydrogen (secondary N) is 2. The molecule has 8 nitrogen and oxygen atoms in total. The zero-order chi connectivity index (χ0) is 17.4. The fourth-order valence-corrected chi connectivity index (χ4v) is 2.44. The Morgan fingerprint density at radius 1 is 1.28 bits per heavy atom. The van der Waals surface area contributed by atoms with Crippen molar-refractivity contribution in [2.45, 2.75) is 6.92 Å². The molecule has 4 rings (SSSR count). The Morgan fingerprint density at radius 2 is 2.16 bits per heavy atom. The summed E-state index contributed by atoms with van der Waals surface area (Å²) in [5.74, 6) is -0.656. The lowest BCUT2D eigenvalue weighted by Gasteiger charge is -2.07. The molecule has 4 heterocycles. The summed E-state index contributed by atoms with van der Waals surface area (Å²) >= 11 is 0. The van der Waals surface area contributed by atoms with E-state index in [1.807, 2.05) is 13.0 Å². The number of H-pyrrole nitrogens is 1. The van der Waals surface area contributed by atoms with Crippen LogP contribution in [0, 0.1) is 12.7 Å². The molecule has 124 valence electrons. The van der Waals surface area contributed by atoms with Crippen LogP contribution in [0.4, 0.5) is 10.2 Å². The number of amides is 1. The van der Waals surface area contributed by atoms with Gasteiger partial charge < -0.3 is 5.32 Å². The lowest BCUT2D eigenvalue weighted by Crippen LogP contribution is -2.15. The van der Waals surface area contributed by atoms with Gasteiger partial charge in [0.1, 0.15) is 18.0 Å². The summed E-state index contributed by atoms with van der Waals surface area (Å²) in [6.45, 7) is 1.86. The molecule has 0 unspecified atom stereocenters. The van der Waals surface area contributed by atoms with E-state index in [1.54, 1.807) is 12.3 Å². The van der Waals surface area contributed by atoms with Crippen molar-refractivity contribution in [3.63, 3.8) is 0 Å². The average Bonchev–Trinajstić information content (AvgIpc) is 3.24. The van der Waals surface area contributed by atoms with Crippen molar-refractivity contribution >= 4 is 17.4 Å². The molecule has 0 radical (unpaired) electrons. The van der Waals surface area contributed by atoms with Crippen LogP contribution in [-0.4, -0.2) is 35.7 Å². The number of rotatable bonds is 3. The zero-order valence-corrected chi connectivity index (χ0v) is 13.1. The minimum atomic E-state index is -0.477. The Bertz CT molecular complexity index is 1070. The number of carbonyl (C=O) groups excluding carboxylic acids is 1. The predicted molar refractivity (Wildman–Crippen MR) is 87.5 cm³/mol. The molecule has 0 aliphatic rings. The first kappa shape index (κ1) is 14.9. The third-order valence-corrected chi connectivity index (χ3v) is 3.61. The molecule has 0 atom stereocenters. The number of pyridine rings is 2. The fourth-order valence-electron chi connectivity index (χ4n) is 2.44. The van der Waals surface area contributed by atoms with E-state index in [1.165, 1.54) is 23.0 Å². The summed E-state index contributed by atoms with van der Waals surface area (Å²) in [7, 11) is 0. The van der Waals surface area contributed by atoms with Gasteiger partial charge in [0.2, 0.25) is 0 Å². The summed E-state index contributed by atoms with van der Waals surface area (Å²) in [5.41, 5.74) is 3.03. The van der Waals surface area contributed by atoms with Gasteiger partial charge in [-0.3, -0.25) is 9.89 Å². The van der Waals surface area contributed by atoms with Crippen LogP contribution in [0.3, 0.4) is 0 Å². The molecular weight excluding hydrogens is 325 g/mol. The van der Waals surface area contributed by atoms with E-state index >= 15 is 0 Å². The summed E-state index contributed by atoms with van der Waals surface area (Å²) in [6.07, 6.45) is 4.15. The molecule has 4 aromatic rings. The van der Waals surface area contributed by atoms with Crippen molar-refractivity contribution in [1.29, 1.82) is 0 Å². The highest BCUT2D eigenvalue weighted by atomic mass is 19.1. The number of hydrogen-bond donors (Lipinski definition) is 2. The van der Waals surface area contributed by atoms with Crippen molar-refractivity contribution in [3.8, 4) is 11.3 Å². The maximum absolute atomic E-state index is 13.0. The highest BCUT2D eigenvalue weighted by Gasteiger charge is 2.16. The van der Waals surface area contributed by atoms with E-state index in [4.69, 9.17) is 0 Å². The highest BCUT2D eigenvalue weighted by molar-refractivity contribution is 6.08. The number of nitrogens with zero attached hydrogens (tertiary/aromatic N) is 5. The van der Waals surface area contributed by atoms with Crippen LogP contribution in [-0.2, 0) is 0 Å². The molecule has 4 aromatic heterocycles. The number of aryl methyl sites for hydroxylation is 1. The van der Waals surface area contributed by atoms with Gasteiger partial charge in [-0.2, -0.15) is 10.2 Å². The molecule has 0 fully saturated rings. The smallest absolute Gasteiger partial charge is 0.260 e. The largest absolute Gasteiger partial charge is 0.306 e. The minimum Gasteiger partial charge on any atom is -0.306 e. The lowest BCUT2D eigenvalue weighted by molar-refractivity contribution is 0.102. The Labute approximate surface area is 140 Å². The molecule has 2 N–H and O–H groups in total. The number of halogens is 1. The van der Waals surface area contributed by atoms with Crippen LogP contribution < -0.4 is 5.32 Å². The average molecular weight is 337 g/mol. The van der Waals surface area contributed by atoms with Gasteiger partial charge in [0, 0.05) is 11.8 Å². The monoisotopic (exact) mass is 337 g/mol. The molecule has 25 heavy (non-hydrogen) atoms. The molecule has 0 aliphatic heterocycles. The SMILES string of the molecule is Cc1cc(-c2cc(C(=O)Nc3ccc(F)cn3)c3ncnn3c2)[nH]n1. The number of fused-ring (bicyclic) bond motifs is 1. The van der Waals surface area contributed by atoms with Gasteiger partial charge in [-0.25, -0.2) is 18.9 Å². The first-order valence-corrected chi connectivity index (χ1v) is 7.39. The molecule has 0 spiro atoms. The zero-order valence-electron chi connectivity index (χ0n) is 13.1. The van der Waals surface area contributed by atoms with Gasteiger partial charge in [0.05, 0.1) is 23.1 Å². The second-order valence-electron chi connectivity index (χ2n) is 5.41. The summed E-state index contributed by atoms with van der Waals surface area (Å²) < 4.78 is 14.5. The van der Waals surface area contributed by atoms with Gasteiger partial charge in [-0.1, -0.05) is 0 Å². The van der Waals surface area contributed by atoms with E-state index in [0.29, 0.717) is 11.2 Å². The molecule has 0 saturated carbocycles. The van der Waals surface area contributed by atoms with Crippen molar-refractivity contribution in [3.05, 3.63) is 60.1 Å². The Kier molecular flexibility index (Phi) is 3.46. The lowest BCUT2D eigenvalue weighted by atomic mass is 10.1. The van der Waals surface area contributed by atoms with E-state index in [9.17, 15) is 9.18 Å². The van der Waals surface area contributed by atoms with Gasteiger partial charge in [0.25, 0.3) is 5.91 Å². The summed E-state index contributed by atoms with van der Waals surface area (Å²) in [6, 6.07) is 6.16. The van der Waals surface area contributed by atoms with Crippen LogP contribution in [0.5, 0.6) is 0 Å². The molecular formula is C16H12FN7O. The molecule has 9 heteroatoms. The fraction of sp³-hybridized carbons (Fsp3) is 0.0625. The predicted octanol–water partition coefficient (Wildman–Crippen LogP) is 2.21. The number of aromatic amines is 1. The number of hydrogen-bond acceptors (Lipinski definition) is 5. The van der Waals surface area contributed by atoms with Crippen LogP contribution in [0.15, 0.2) is 43.0 Å². The van der Waals surface area contributed by atoms with Crippen LogP contribution in [0.1, 0.15) is 16.1 Å². The first-order chi connectivity index (χ1) is 12.1. The van der Waals surface area contributed by atoms with E-state index in [2.05, 4.69) is 30.6 Å². The van der Waals surface area contributed by atoms with Crippen LogP contribution >= 0.6 is 0 Å².